The van der Waals surface area contributed by atoms with Crippen LogP contribution < -0.4 is 22.3 Å². The molecule has 1 fully saturated rings. The van der Waals surface area contributed by atoms with Crippen LogP contribution in [0.3, 0.4) is 0 Å². The number of hydrogen-bond acceptors (Lipinski definition) is 8. The number of nitrogen functional groups attached to an aromatic ring is 2. The monoisotopic (exact) mass is 475 g/mol. The summed E-state index contributed by atoms with van der Waals surface area (Å²) in [6.45, 7) is 0. The Morgan fingerprint density at radius 2 is 1.88 bits per heavy atom. The van der Waals surface area contributed by atoms with Crippen molar-refractivity contribution in [3.8, 4) is 0 Å². The van der Waals surface area contributed by atoms with Crippen LogP contribution in [0.25, 0.3) is 0 Å². The van der Waals surface area contributed by atoms with Gasteiger partial charge in [-0.15, -0.1) is 11.8 Å². The number of anilines is 2. The minimum Gasteiger partial charge on any atom is -0.481 e. The first-order chi connectivity index (χ1) is 15.7. The van der Waals surface area contributed by atoms with Crippen molar-refractivity contribution < 1.29 is 24.6 Å². The number of aromatic nitrogens is 2. The number of H-pyrrole nitrogens is 1. The first kappa shape index (κ1) is 24.1. The van der Waals surface area contributed by atoms with Gasteiger partial charge in [-0.05, 0) is 48.8 Å². The van der Waals surface area contributed by atoms with Crippen molar-refractivity contribution in [1.82, 2.24) is 15.3 Å². The standard InChI is InChI=1S/C21H25N5O6S/c22-17-16(19(30)26-21(23)25-17)33-9-12-5-6-13(12)10-1-3-11(4-2-10)18(29)24-14(20(31)32)7-8-15(27)28/h1-4,12-14H,5-9H2,(H,24,29)(H,27,28)(H,31,32)(H5,22,23,25,26,30)/t12?,13?,14-/m0/s1. The minimum atomic E-state index is -1.29. The third kappa shape index (κ3) is 6.04. The maximum Gasteiger partial charge on any atom is 0.326 e. The van der Waals surface area contributed by atoms with E-state index in [1.807, 2.05) is 12.1 Å². The second-order valence-electron chi connectivity index (χ2n) is 7.84. The number of amides is 1. The molecule has 1 heterocycles. The SMILES string of the molecule is Nc1nc(N)c(SCC2CCC2c2ccc(C(=O)N[C@@H](CCC(=O)O)C(=O)O)cc2)c(=O)[nH]1. The van der Waals surface area contributed by atoms with Gasteiger partial charge in [0.1, 0.15) is 16.8 Å². The second kappa shape index (κ2) is 10.4. The zero-order chi connectivity index (χ0) is 24.1. The summed E-state index contributed by atoms with van der Waals surface area (Å²) in [7, 11) is 0. The molecule has 8 N–H and O–H groups in total. The molecular formula is C21H25N5O6S. The average molecular weight is 476 g/mol. The molecule has 1 aliphatic carbocycles. The Kier molecular flexibility index (Phi) is 7.59. The van der Waals surface area contributed by atoms with E-state index in [4.69, 9.17) is 16.6 Å². The van der Waals surface area contributed by atoms with Gasteiger partial charge in [-0.3, -0.25) is 19.4 Å². The molecule has 1 aromatic carbocycles. The molecule has 0 saturated heterocycles. The highest BCUT2D eigenvalue weighted by molar-refractivity contribution is 7.99. The lowest BCUT2D eigenvalue weighted by molar-refractivity contribution is -0.140. The van der Waals surface area contributed by atoms with Gasteiger partial charge in [-0.1, -0.05) is 12.1 Å². The molecule has 1 amide bonds. The molecule has 2 unspecified atom stereocenters. The van der Waals surface area contributed by atoms with Crippen LogP contribution in [0.15, 0.2) is 34.0 Å². The number of benzene rings is 1. The molecule has 2 aromatic rings. The molecule has 1 aliphatic rings. The molecule has 0 spiro atoms. The second-order valence-corrected chi connectivity index (χ2v) is 8.87. The van der Waals surface area contributed by atoms with Crippen LogP contribution >= 0.6 is 11.8 Å². The maximum atomic E-state index is 12.4. The Labute approximate surface area is 193 Å². The summed E-state index contributed by atoms with van der Waals surface area (Å²) < 4.78 is 0. The zero-order valence-corrected chi connectivity index (χ0v) is 18.4. The lowest BCUT2D eigenvalue weighted by Crippen LogP contribution is -2.41. The van der Waals surface area contributed by atoms with Crippen LogP contribution in [-0.4, -0.2) is 49.8 Å². The first-order valence-electron chi connectivity index (χ1n) is 10.3. The van der Waals surface area contributed by atoms with Gasteiger partial charge in [0.25, 0.3) is 11.5 Å². The number of nitrogens with zero attached hydrogens (tertiary/aromatic N) is 1. The van der Waals surface area contributed by atoms with E-state index in [1.54, 1.807) is 12.1 Å². The smallest absolute Gasteiger partial charge is 0.326 e. The maximum absolute atomic E-state index is 12.4. The van der Waals surface area contributed by atoms with Gasteiger partial charge in [-0.25, -0.2) is 4.79 Å². The van der Waals surface area contributed by atoms with Gasteiger partial charge in [0.2, 0.25) is 5.95 Å². The summed E-state index contributed by atoms with van der Waals surface area (Å²) in [5.74, 6) is -1.65. The molecule has 12 heteroatoms. The normalized spacial score (nSPS) is 18.2. The summed E-state index contributed by atoms with van der Waals surface area (Å²) in [5.41, 5.74) is 12.3. The van der Waals surface area contributed by atoms with Crippen LogP contribution in [-0.2, 0) is 9.59 Å². The molecule has 0 radical (unpaired) electrons. The number of carboxylic acid groups (broad SMARTS) is 2. The van der Waals surface area contributed by atoms with E-state index in [9.17, 15) is 24.3 Å². The van der Waals surface area contributed by atoms with Crippen molar-refractivity contribution >= 4 is 41.4 Å². The Bertz CT molecular complexity index is 1100. The number of aliphatic carboxylic acids is 2. The van der Waals surface area contributed by atoms with E-state index in [-0.39, 0.29) is 41.6 Å². The van der Waals surface area contributed by atoms with Crippen molar-refractivity contribution in [2.75, 3.05) is 17.2 Å². The molecule has 1 aromatic heterocycles. The van der Waals surface area contributed by atoms with Gasteiger partial charge >= 0.3 is 11.9 Å². The van der Waals surface area contributed by atoms with Gasteiger partial charge < -0.3 is 27.0 Å². The van der Waals surface area contributed by atoms with Gasteiger partial charge in [-0.2, -0.15) is 4.98 Å². The van der Waals surface area contributed by atoms with E-state index in [1.165, 1.54) is 11.8 Å². The highest BCUT2D eigenvalue weighted by Gasteiger charge is 2.32. The Balaban J connectivity index is 1.59. The Morgan fingerprint density at radius 1 is 1.18 bits per heavy atom. The molecule has 0 bridgehead atoms. The van der Waals surface area contributed by atoms with E-state index >= 15 is 0 Å². The lowest BCUT2D eigenvalue weighted by Gasteiger charge is -2.37. The van der Waals surface area contributed by atoms with Crippen LogP contribution in [0.4, 0.5) is 11.8 Å². The number of carbonyl (C=O) groups excluding carboxylic acids is 1. The van der Waals surface area contributed by atoms with Gasteiger partial charge in [0.15, 0.2) is 0 Å². The predicted octanol–water partition coefficient (Wildman–Crippen LogP) is 1.27. The third-order valence-electron chi connectivity index (χ3n) is 5.63. The van der Waals surface area contributed by atoms with Crippen LogP contribution in [0.5, 0.6) is 0 Å². The zero-order valence-electron chi connectivity index (χ0n) is 17.6. The molecule has 11 nitrogen and oxygen atoms in total. The number of hydrogen-bond donors (Lipinski definition) is 6. The Morgan fingerprint density at radius 3 is 2.42 bits per heavy atom. The quantitative estimate of drug-likeness (QED) is 0.272. The first-order valence-corrected chi connectivity index (χ1v) is 11.3. The number of carboxylic acids is 2. The van der Waals surface area contributed by atoms with Gasteiger partial charge in [0, 0.05) is 17.7 Å². The van der Waals surface area contributed by atoms with Crippen molar-refractivity contribution in [2.24, 2.45) is 5.92 Å². The van der Waals surface area contributed by atoms with Crippen molar-refractivity contribution in [1.29, 1.82) is 0 Å². The predicted molar refractivity (Wildman–Crippen MR) is 122 cm³/mol. The number of rotatable bonds is 10. The van der Waals surface area contributed by atoms with E-state index in [0.717, 1.165) is 18.4 Å². The summed E-state index contributed by atoms with van der Waals surface area (Å²) in [6, 6.07) is 5.62. The van der Waals surface area contributed by atoms with Crippen molar-refractivity contribution in [3.63, 3.8) is 0 Å². The van der Waals surface area contributed by atoms with Crippen LogP contribution in [0, 0.1) is 5.92 Å². The third-order valence-corrected chi connectivity index (χ3v) is 6.91. The topological polar surface area (TPSA) is 201 Å². The fraction of sp³-hybridized carbons (Fsp3) is 0.381. The molecule has 3 rings (SSSR count). The summed E-state index contributed by atoms with van der Waals surface area (Å²) in [5, 5.41) is 20.3. The fourth-order valence-corrected chi connectivity index (χ4v) is 4.84. The molecule has 176 valence electrons. The molecule has 33 heavy (non-hydrogen) atoms. The van der Waals surface area contributed by atoms with E-state index < -0.39 is 23.9 Å². The fourth-order valence-electron chi connectivity index (χ4n) is 3.68. The summed E-state index contributed by atoms with van der Waals surface area (Å²) in [4.78, 5) is 53.1. The average Bonchev–Trinajstić information content (AvgIpc) is 2.72. The number of thioether (sulfide) groups is 1. The van der Waals surface area contributed by atoms with Crippen molar-refractivity contribution in [2.45, 2.75) is 42.5 Å². The minimum absolute atomic E-state index is 0.0240. The van der Waals surface area contributed by atoms with E-state index in [0.29, 0.717) is 16.6 Å². The van der Waals surface area contributed by atoms with Gasteiger partial charge in [0.05, 0.1) is 0 Å². The van der Waals surface area contributed by atoms with Crippen LogP contribution in [0.1, 0.15) is 47.5 Å². The van der Waals surface area contributed by atoms with Crippen LogP contribution in [0.2, 0.25) is 0 Å². The number of nitrogens with one attached hydrogen (secondary N) is 2. The highest BCUT2D eigenvalue weighted by atomic mass is 32.2. The van der Waals surface area contributed by atoms with E-state index in [2.05, 4.69) is 15.3 Å². The lowest BCUT2D eigenvalue weighted by atomic mass is 9.71. The number of aromatic amines is 1. The largest absolute Gasteiger partial charge is 0.481 e. The molecule has 3 atom stereocenters. The highest BCUT2D eigenvalue weighted by Crippen LogP contribution is 2.45. The number of nitrogens with two attached hydrogens (primary N) is 2. The molecular weight excluding hydrogens is 450 g/mol. The summed E-state index contributed by atoms with van der Waals surface area (Å²) in [6.07, 6.45) is 1.40. The van der Waals surface area contributed by atoms with Crippen molar-refractivity contribution in [3.05, 3.63) is 45.7 Å². The molecule has 0 aliphatic heterocycles. The molecule has 1 saturated carbocycles. The number of carbonyl (C=O) groups is 3. The summed E-state index contributed by atoms with van der Waals surface area (Å²) >= 11 is 1.34. The Hall–Kier alpha value is -3.54.